The molecule has 2 N–H and O–H groups in total. The highest BCUT2D eigenvalue weighted by atomic mass is 32.2. The molecule has 0 saturated heterocycles. The molecule has 0 aliphatic heterocycles. The maximum absolute atomic E-state index is 12.3. The van der Waals surface area contributed by atoms with Gasteiger partial charge in [-0.25, -0.2) is 13.1 Å². The van der Waals surface area contributed by atoms with Gasteiger partial charge < -0.3 is 5.32 Å². The average Bonchev–Trinajstić information content (AvgIpc) is 2.67. The Labute approximate surface area is 162 Å². The van der Waals surface area contributed by atoms with E-state index in [1.54, 1.807) is 48.5 Å². The van der Waals surface area contributed by atoms with Gasteiger partial charge in [0.15, 0.2) is 0 Å². The van der Waals surface area contributed by atoms with Gasteiger partial charge in [0.05, 0.1) is 4.90 Å². The predicted octanol–water partition coefficient (Wildman–Crippen LogP) is 3.78. The summed E-state index contributed by atoms with van der Waals surface area (Å²) in [5.74, 6) is -0.0988. The van der Waals surface area contributed by atoms with Crippen molar-refractivity contribution < 1.29 is 13.2 Å². The van der Waals surface area contributed by atoms with E-state index in [1.165, 1.54) is 12.8 Å². The van der Waals surface area contributed by atoms with E-state index in [4.69, 9.17) is 0 Å². The Morgan fingerprint density at radius 1 is 0.926 bits per heavy atom. The van der Waals surface area contributed by atoms with E-state index in [-0.39, 0.29) is 17.3 Å². The second-order valence-corrected chi connectivity index (χ2v) is 8.42. The van der Waals surface area contributed by atoms with E-state index in [1.807, 2.05) is 6.92 Å². The summed E-state index contributed by atoms with van der Waals surface area (Å²) in [5.41, 5.74) is 2.38. The van der Waals surface area contributed by atoms with Crippen LogP contribution in [-0.4, -0.2) is 20.9 Å². The topological polar surface area (TPSA) is 75.3 Å². The zero-order valence-corrected chi connectivity index (χ0v) is 16.8. The van der Waals surface area contributed by atoms with Crippen LogP contribution in [0.15, 0.2) is 53.4 Å². The maximum atomic E-state index is 12.3. The molecule has 0 aliphatic carbocycles. The van der Waals surface area contributed by atoms with Crippen LogP contribution in [0, 0.1) is 6.92 Å². The highest BCUT2D eigenvalue weighted by Gasteiger charge is 2.13. The normalized spacial score (nSPS) is 11.3. The number of amides is 1. The molecular formula is C21H28N2O3S. The quantitative estimate of drug-likeness (QED) is 0.608. The van der Waals surface area contributed by atoms with Crippen LogP contribution in [0.1, 0.15) is 54.1 Å². The van der Waals surface area contributed by atoms with E-state index in [0.29, 0.717) is 12.1 Å². The molecular weight excluding hydrogens is 360 g/mol. The van der Waals surface area contributed by atoms with Gasteiger partial charge in [-0.1, -0.05) is 56.0 Å². The first kappa shape index (κ1) is 21.1. The van der Waals surface area contributed by atoms with Crippen molar-refractivity contribution in [3.63, 3.8) is 0 Å². The fraction of sp³-hybridized carbons (Fsp3) is 0.381. The van der Waals surface area contributed by atoms with Crippen LogP contribution in [0.3, 0.4) is 0 Å². The SMILES string of the molecule is CCCCCCNC(=O)c1ccc(CNS(=O)(=O)c2ccc(C)cc2)cc1. The smallest absolute Gasteiger partial charge is 0.251 e. The number of rotatable bonds is 10. The van der Waals surface area contributed by atoms with Crippen LogP contribution in [-0.2, 0) is 16.6 Å². The van der Waals surface area contributed by atoms with Gasteiger partial charge in [0.1, 0.15) is 0 Å². The molecule has 6 heteroatoms. The Balaban J connectivity index is 1.86. The van der Waals surface area contributed by atoms with E-state index in [2.05, 4.69) is 17.0 Å². The van der Waals surface area contributed by atoms with Gasteiger partial charge in [-0.2, -0.15) is 0 Å². The molecule has 0 unspecified atom stereocenters. The molecule has 2 aromatic rings. The van der Waals surface area contributed by atoms with Gasteiger partial charge in [-0.05, 0) is 43.2 Å². The summed E-state index contributed by atoms with van der Waals surface area (Å²) in [4.78, 5) is 12.3. The van der Waals surface area contributed by atoms with Crippen LogP contribution in [0.2, 0.25) is 0 Å². The number of nitrogens with one attached hydrogen (secondary N) is 2. The van der Waals surface area contributed by atoms with Crippen LogP contribution in [0.4, 0.5) is 0 Å². The van der Waals surface area contributed by atoms with Crippen molar-refractivity contribution in [3.8, 4) is 0 Å². The van der Waals surface area contributed by atoms with Crippen molar-refractivity contribution in [1.29, 1.82) is 0 Å². The second kappa shape index (κ2) is 10.2. The molecule has 146 valence electrons. The highest BCUT2D eigenvalue weighted by Crippen LogP contribution is 2.11. The number of sulfonamides is 1. The molecule has 0 spiro atoms. The molecule has 2 rings (SSSR count). The molecule has 2 aromatic carbocycles. The van der Waals surface area contributed by atoms with Crippen molar-refractivity contribution in [2.75, 3.05) is 6.54 Å². The zero-order valence-electron chi connectivity index (χ0n) is 16.0. The zero-order chi connectivity index (χ0) is 19.7. The van der Waals surface area contributed by atoms with Crippen molar-refractivity contribution in [2.45, 2.75) is 51.0 Å². The van der Waals surface area contributed by atoms with Gasteiger partial charge >= 0.3 is 0 Å². The Morgan fingerprint density at radius 3 is 2.22 bits per heavy atom. The number of carbonyl (C=O) groups is 1. The Hall–Kier alpha value is -2.18. The molecule has 0 fully saturated rings. The van der Waals surface area contributed by atoms with Crippen molar-refractivity contribution >= 4 is 15.9 Å². The first-order valence-electron chi connectivity index (χ1n) is 9.36. The first-order valence-corrected chi connectivity index (χ1v) is 10.8. The molecule has 0 saturated carbocycles. The molecule has 5 nitrogen and oxygen atoms in total. The van der Waals surface area contributed by atoms with Gasteiger partial charge in [-0.15, -0.1) is 0 Å². The van der Waals surface area contributed by atoms with Gasteiger partial charge in [0, 0.05) is 18.7 Å². The highest BCUT2D eigenvalue weighted by molar-refractivity contribution is 7.89. The molecule has 1 amide bonds. The summed E-state index contributed by atoms with van der Waals surface area (Å²) in [7, 11) is -3.55. The van der Waals surface area contributed by atoms with Crippen LogP contribution in [0.25, 0.3) is 0 Å². The summed E-state index contributed by atoms with van der Waals surface area (Å²) in [6.07, 6.45) is 4.46. The lowest BCUT2D eigenvalue weighted by Crippen LogP contribution is -2.25. The van der Waals surface area contributed by atoms with Crippen LogP contribution < -0.4 is 10.0 Å². The van der Waals surface area contributed by atoms with Crippen molar-refractivity contribution in [3.05, 3.63) is 65.2 Å². The summed E-state index contributed by atoms with van der Waals surface area (Å²) in [6.45, 7) is 4.92. The largest absolute Gasteiger partial charge is 0.352 e. The number of carbonyl (C=O) groups excluding carboxylic acids is 1. The summed E-state index contributed by atoms with van der Waals surface area (Å²) in [5, 5.41) is 2.91. The third kappa shape index (κ3) is 6.81. The number of hydrogen-bond acceptors (Lipinski definition) is 3. The summed E-state index contributed by atoms with van der Waals surface area (Å²) >= 11 is 0. The Morgan fingerprint density at radius 2 is 1.59 bits per heavy atom. The van der Waals surface area contributed by atoms with Crippen molar-refractivity contribution in [2.24, 2.45) is 0 Å². The Bertz CT molecular complexity index is 829. The summed E-state index contributed by atoms with van der Waals surface area (Å²) in [6, 6.07) is 13.7. The van der Waals surface area contributed by atoms with E-state index in [9.17, 15) is 13.2 Å². The van der Waals surface area contributed by atoms with Crippen molar-refractivity contribution in [1.82, 2.24) is 10.0 Å². The van der Waals surface area contributed by atoms with E-state index < -0.39 is 10.0 Å². The lowest BCUT2D eigenvalue weighted by atomic mass is 10.1. The third-order valence-corrected chi connectivity index (χ3v) is 5.75. The number of unbranched alkanes of at least 4 members (excludes halogenated alkanes) is 3. The minimum atomic E-state index is -3.55. The molecule has 0 atom stereocenters. The minimum absolute atomic E-state index is 0.0988. The molecule has 0 aliphatic rings. The van der Waals surface area contributed by atoms with Crippen LogP contribution >= 0.6 is 0 Å². The number of aryl methyl sites for hydroxylation is 1. The van der Waals surface area contributed by atoms with E-state index >= 15 is 0 Å². The fourth-order valence-corrected chi connectivity index (χ4v) is 3.63. The number of benzene rings is 2. The second-order valence-electron chi connectivity index (χ2n) is 6.65. The monoisotopic (exact) mass is 388 g/mol. The number of hydrogen-bond donors (Lipinski definition) is 2. The van der Waals surface area contributed by atoms with Gasteiger partial charge in [-0.3, -0.25) is 4.79 Å². The molecule has 0 aromatic heterocycles. The minimum Gasteiger partial charge on any atom is -0.352 e. The average molecular weight is 389 g/mol. The van der Waals surface area contributed by atoms with Gasteiger partial charge in [0.25, 0.3) is 5.91 Å². The Kier molecular flexibility index (Phi) is 8.00. The predicted molar refractivity (Wildman–Crippen MR) is 108 cm³/mol. The van der Waals surface area contributed by atoms with E-state index in [0.717, 1.165) is 24.0 Å². The van der Waals surface area contributed by atoms with Gasteiger partial charge in [0.2, 0.25) is 10.0 Å². The third-order valence-electron chi connectivity index (χ3n) is 4.33. The first-order chi connectivity index (χ1) is 12.9. The lowest BCUT2D eigenvalue weighted by molar-refractivity contribution is 0.0953. The molecule has 0 bridgehead atoms. The van der Waals surface area contributed by atoms with Crippen LogP contribution in [0.5, 0.6) is 0 Å². The molecule has 0 heterocycles. The maximum Gasteiger partial charge on any atom is 0.251 e. The summed E-state index contributed by atoms with van der Waals surface area (Å²) < 4.78 is 27.2. The molecule has 0 radical (unpaired) electrons. The fourth-order valence-electron chi connectivity index (χ4n) is 2.61. The standard InChI is InChI=1S/C21H28N2O3S/c1-3-4-5-6-15-22-21(24)19-11-9-18(10-12-19)16-23-27(25,26)20-13-7-17(2)8-14-20/h7-14,23H,3-6,15-16H2,1-2H3,(H,22,24). The molecule has 27 heavy (non-hydrogen) atoms. The lowest BCUT2D eigenvalue weighted by Gasteiger charge is -2.08.